The minimum atomic E-state index is -3.11. The molecule has 1 aliphatic heterocycles. The van der Waals surface area contributed by atoms with Crippen LogP contribution in [0.5, 0.6) is 0 Å². The van der Waals surface area contributed by atoms with Crippen molar-refractivity contribution < 1.29 is 22.8 Å². The van der Waals surface area contributed by atoms with Crippen molar-refractivity contribution >= 4 is 33.3 Å². The molecule has 0 aliphatic carbocycles. The van der Waals surface area contributed by atoms with E-state index in [9.17, 15) is 18.0 Å². The van der Waals surface area contributed by atoms with Crippen molar-refractivity contribution in [2.75, 3.05) is 24.6 Å². The lowest BCUT2D eigenvalue weighted by molar-refractivity contribution is -0.136. The molecule has 0 radical (unpaired) electrons. The van der Waals surface area contributed by atoms with Crippen molar-refractivity contribution in [3.63, 3.8) is 0 Å². The van der Waals surface area contributed by atoms with Crippen LogP contribution in [0.1, 0.15) is 15.9 Å². The van der Waals surface area contributed by atoms with Crippen molar-refractivity contribution in [2.24, 2.45) is 0 Å². The predicted molar refractivity (Wildman–Crippen MR) is 109 cm³/mol. The minimum absolute atomic E-state index is 0.0703. The Kier molecular flexibility index (Phi) is 6.89. The Morgan fingerprint density at radius 1 is 1.07 bits per heavy atom. The molecule has 3 rings (SSSR count). The monoisotopic (exact) mass is 436 g/mol. The largest absolute Gasteiger partial charge is 0.366 e. The highest BCUT2D eigenvalue weighted by molar-refractivity contribution is 7.91. The van der Waals surface area contributed by atoms with Crippen molar-refractivity contribution in [3.8, 4) is 0 Å². The summed E-state index contributed by atoms with van der Waals surface area (Å²) in [5.41, 5.74) is 3.70. The Morgan fingerprint density at radius 2 is 1.76 bits per heavy atom. The Balaban J connectivity index is 1.70. The van der Waals surface area contributed by atoms with Crippen molar-refractivity contribution in [3.05, 3.63) is 70.7 Å². The maximum atomic E-state index is 13.0. The summed E-state index contributed by atoms with van der Waals surface area (Å²) in [5.74, 6) is -1.12. The fourth-order valence-corrected chi connectivity index (χ4v) is 4.37. The zero-order valence-corrected chi connectivity index (χ0v) is 17.2. The van der Waals surface area contributed by atoms with E-state index in [4.69, 9.17) is 16.4 Å². The number of amides is 1. The second-order valence-electron chi connectivity index (χ2n) is 6.74. The van der Waals surface area contributed by atoms with Crippen LogP contribution in [0.25, 0.3) is 0 Å². The zero-order valence-electron chi connectivity index (χ0n) is 15.6. The van der Waals surface area contributed by atoms with E-state index in [0.29, 0.717) is 5.02 Å². The first-order valence-corrected chi connectivity index (χ1v) is 11.3. The third kappa shape index (κ3) is 6.03. The summed E-state index contributed by atoms with van der Waals surface area (Å²) in [7, 11) is -3.11. The van der Waals surface area contributed by atoms with Gasteiger partial charge in [0.2, 0.25) is 5.91 Å². The Bertz CT molecular complexity index is 967. The first-order chi connectivity index (χ1) is 13.8. The van der Waals surface area contributed by atoms with E-state index >= 15 is 0 Å². The molecule has 0 bridgehead atoms. The van der Waals surface area contributed by atoms with Crippen LogP contribution < -0.4 is 5.48 Å². The van der Waals surface area contributed by atoms with Gasteiger partial charge < -0.3 is 9.74 Å². The molecule has 0 unspecified atom stereocenters. The van der Waals surface area contributed by atoms with Crippen LogP contribution in [-0.4, -0.2) is 55.8 Å². The van der Waals surface area contributed by atoms with Gasteiger partial charge in [-0.2, -0.15) is 0 Å². The second kappa shape index (κ2) is 9.39. The predicted octanol–water partition coefficient (Wildman–Crippen LogP) is 1.87. The highest BCUT2D eigenvalue weighted by atomic mass is 35.5. The van der Waals surface area contributed by atoms with Gasteiger partial charge in [0.05, 0.1) is 17.1 Å². The van der Waals surface area contributed by atoms with E-state index in [2.05, 4.69) is 5.48 Å². The summed E-state index contributed by atoms with van der Waals surface area (Å²) in [4.78, 5) is 31.9. The third-order valence-corrected chi connectivity index (χ3v) is 6.44. The molecule has 2 aromatic rings. The fourth-order valence-electron chi connectivity index (χ4n) is 2.98. The SMILES string of the molecule is O=C(ON[C@@H](Cc1ccccc1)C(=O)N1CCS(=O)(=O)CC1)c1cccc(Cl)c1. The third-order valence-electron chi connectivity index (χ3n) is 4.59. The smallest absolute Gasteiger partial charge is 0.356 e. The van der Waals surface area contributed by atoms with E-state index in [-0.39, 0.29) is 42.5 Å². The zero-order chi connectivity index (χ0) is 20.9. The molecule has 0 aromatic heterocycles. The molecule has 1 N–H and O–H groups in total. The van der Waals surface area contributed by atoms with Gasteiger partial charge >= 0.3 is 5.97 Å². The molecule has 1 aliphatic rings. The van der Waals surface area contributed by atoms with Gasteiger partial charge in [-0.05, 0) is 30.2 Å². The van der Waals surface area contributed by atoms with Crippen molar-refractivity contribution in [1.82, 2.24) is 10.4 Å². The van der Waals surface area contributed by atoms with Gasteiger partial charge in [-0.15, -0.1) is 5.48 Å². The Labute approximate surface area is 174 Å². The average Bonchev–Trinajstić information content (AvgIpc) is 2.71. The van der Waals surface area contributed by atoms with Gasteiger partial charge in [0.15, 0.2) is 9.84 Å². The molecule has 9 heteroatoms. The molecule has 29 heavy (non-hydrogen) atoms. The molecule has 154 valence electrons. The number of rotatable bonds is 6. The Hall–Kier alpha value is -2.42. The van der Waals surface area contributed by atoms with Crippen molar-refractivity contribution in [2.45, 2.75) is 12.5 Å². The molecular weight excluding hydrogens is 416 g/mol. The van der Waals surface area contributed by atoms with Crippen LogP contribution in [0, 0.1) is 0 Å². The van der Waals surface area contributed by atoms with Crippen LogP contribution >= 0.6 is 11.6 Å². The van der Waals surface area contributed by atoms with E-state index in [1.54, 1.807) is 18.2 Å². The number of hydrogen-bond donors (Lipinski definition) is 1. The Morgan fingerprint density at radius 3 is 2.41 bits per heavy atom. The molecule has 2 aromatic carbocycles. The van der Waals surface area contributed by atoms with Gasteiger partial charge in [0, 0.05) is 18.1 Å². The summed E-state index contributed by atoms with van der Waals surface area (Å²) in [6.07, 6.45) is 0.283. The highest BCUT2D eigenvalue weighted by Crippen LogP contribution is 2.13. The van der Waals surface area contributed by atoms with E-state index < -0.39 is 21.8 Å². The number of nitrogens with one attached hydrogen (secondary N) is 1. The number of hydroxylamine groups is 1. The summed E-state index contributed by atoms with van der Waals surface area (Å²) < 4.78 is 23.3. The van der Waals surface area contributed by atoms with Crippen LogP contribution in [0.3, 0.4) is 0 Å². The number of hydrogen-bond acceptors (Lipinski definition) is 6. The number of carbonyl (C=O) groups excluding carboxylic acids is 2. The van der Waals surface area contributed by atoms with Gasteiger partial charge in [0.25, 0.3) is 0 Å². The molecule has 1 atom stereocenters. The van der Waals surface area contributed by atoms with E-state index in [0.717, 1.165) is 5.56 Å². The summed E-state index contributed by atoms with van der Waals surface area (Å²) in [5, 5.41) is 0.394. The van der Waals surface area contributed by atoms with Crippen molar-refractivity contribution in [1.29, 1.82) is 0 Å². The number of halogens is 1. The molecule has 7 nitrogen and oxygen atoms in total. The first kappa shape index (κ1) is 21.3. The van der Waals surface area contributed by atoms with Gasteiger partial charge in [-0.3, -0.25) is 4.79 Å². The molecular formula is C20H21ClN2O5S. The molecule has 1 amide bonds. The number of nitrogens with zero attached hydrogens (tertiary/aromatic N) is 1. The molecule has 0 saturated carbocycles. The highest BCUT2D eigenvalue weighted by Gasteiger charge is 2.31. The van der Waals surface area contributed by atoms with Crippen LogP contribution in [0.4, 0.5) is 0 Å². The van der Waals surface area contributed by atoms with Crippen LogP contribution in [-0.2, 0) is 25.9 Å². The number of benzene rings is 2. The first-order valence-electron chi connectivity index (χ1n) is 9.09. The van der Waals surface area contributed by atoms with Gasteiger partial charge in [-0.25, -0.2) is 13.2 Å². The fraction of sp³-hybridized carbons (Fsp3) is 0.300. The maximum Gasteiger partial charge on any atom is 0.356 e. The summed E-state index contributed by atoms with van der Waals surface area (Å²) in [6.45, 7) is 0.243. The van der Waals surface area contributed by atoms with Crippen LogP contribution in [0.15, 0.2) is 54.6 Å². The van der Waals surface area contributed by atoms with E-state index in [1.807, 2.05) is 30.3 Å². The average molecular weight is 437 g/mol. The molecule has 1 fully saturated rings. The second-order valence-corrected chi connectivity index (χ2v) is 9.48. The van der Waals surface area contributed by atoms with Gasteiger partial charge in [-0.1, -0.05) is 48.0 Å². The molecule has 0 spiro atoms. The van der Waals surface area contributed by atoms with Gasteiger partial charge in [0.1, 0.15) is 6.04 Å². The van der Waals surface area contributed by atoms with Crippen LogP contribution in [0.2, 0.25) is 5.02 Å². The lowest BCUT2D eigenvalue weighted by Crippen LogP contribution is -2.52. The lowest BCUT2D eigenvalue weighted by Gasteiger charge is -2.30. The summed E-state index contributed by atoms with van der Waals surface area (Å²) in [6, 6.07) is 14.7. The topological polar surface area (TPSA) is 92.8 Å². The lowest BCUT2D eigenvalue weighted by atomic mass is 10.1. The number of sulfone groups is 1. The van der Waals surface area contributed by atoms with E-state index in [1.165, 1.54) is 11.0 Å². The number of carbonyl (C=O) groups is 2. The standard InChI is InChI=1S/C20H21ClN2O5S/c21-17-8-4-7-16(14-17)20(25)28-22-18(13-15-5-2-1-3-6-15)19(24)23-9-11-29(26,27)12-10-23/h1-8,14,18,22H,9-13H2/t18-/m0/s1. The maximum absolute atomic E-state index is 13.0. The quantitative estimate of drug-likeness (QED) is 0.695. The minimum Gasteiger partial charge on any atom is -0.366 e. The molecule has 1 saturated heterocycles. The normalized spacial score (nSPS) is 16.8. The summed E-state index contributed by atoms with van der Waals surface area (Å²) >= 11 is 5.90. The molecule has 1 heterocycles.